The van der Waals surface area contributed by atoms with Crippen molar-refractivity contribution in [2.24, 2.45) is 0 Å². The number of nitrogens with one attached hydrogen (secondary N) is 1. The average Bonchev–Trinajstić information content (AvgIpc) is 3.14. The van der Waals surface area contributed by atoms with Crippen LogP contribution in [0.4, 0.5) is 13.2 Å². The second kappa shape index (κ2) is 7.91. The standard InChI is InChI=1S/C24H19F3N2O2/c1-14(19-12-6-8-16-7-3-4-11-20(16)19)28-23(30)21-15(2)29-31-22(21)17-9-5-10-18(13-17)24(25,26)27/h3-14H,1-2H3,(H,28,30). The molecule has 7 heteroatoms. The number of aromatic nitrogens is 1. The summed E-state index contributed by atoms with van der Waals surface area (Å²) in [6.07, 6.45) is -4.50. The quantitative estimate of drug-likeness (QED) is 0.418. The molecule has 3 aromatic carbocycles. The maximum absolute atomic E-state index is 13.1. The second-order valence-electron chi connectivity index (χ2n) is 7.31. The number of carbonyl (C=O) groups is 1. The minimum atomic E-state index is -4.50. The van der Waals surface area contributed by atoms with E-state index in [0.717, 1.165) is 28.5 Å². The van der Waals surface area contributed by atoms with Crippen LogP contribution in [0.25, 0.3) is 22.1 Å². The molecule has 31 heavy (non-hydrogen) atoms. The molecule has 1 aromatic heterocycles. The number of benzene rings is 3. The topological polar surface area (TPSA) is 55.1 Å². The number of carbonyl (C=O) groups excluding carboxylic acids is 1. The summed E-state index contributed by atoms with van der Waals surface area (Å²) in [5.41, 5.74) is 0.663. The van der Waals surface area contributed by atoms with Crippen LogP contribution in [0, 0.1) is 6.92 Å². The zero-order chi connectivity index (χ0) is 22.2. The van der Waals surface area contributed by atoms with Crippen LogP contribution in [-0.2, 0) is 6.18 Å². The van der Waals surface area contributed by atoms with Crippen molar-refractivity contribution >= 4 is 16.7 Å². The van der Waals surface area contributed by atoms with Gasteiger partial charge < -0.3 is 9.84 Å². The number of alkyl halides is 3. The SMILES string of the molecule is Cc1noc(-c2cccc(C(F)(F)F)c2)c1C(=O)NC(C)c1cccc2ccccc12. The lowest BCUT2D eigenvalue weighted by molar-refractivity contribution is -0.137. The molecule has 0 saturated carbocycles. The Bertz CT molecular complexity index is 1260. The Morgan fingerprint density at radius 2 is 1.74 bits per heavy atom. The number of hydrogen-bond donors (Lipinski definition) is 1. The molecule has 158 valence electrons. The van der Waals surface area contributed by atoms with Gasteiger partial charge >= 0.3 is 6.18 Å². The fourth-order valence-electron chi connectivity index (χ4n) is 3.65. The molecule has 1 amide bonds. The number of rotatable bonds is 4. The summed E-state index contributed by atoms with van der Waals surface area (Å²) in [6, 6.07) is 18.0. The first-order valence-corrected chi connectivity index (χ1v) is 9.68. The number of hydrogen-bond acceptors (Lipinski definition) is 3. The predicted octanol–water partition coefficient (Wildman–Crippen LogP) is 6.31. The van der Waals surface area contributed by atoms with E-state index >= 15 is 0 Å². The van der Waals surface area contributed by atoms with Gasteiger partial charge in [-0.3, -0.25) is 4.79 Å². The number of aryl methyl sites for hydroxylation is 1. The molecular formula is C24H19F3N2O2. The highest BCUT2D eigenvalue weighted by molar-refractivity contribution is 6.01. The first-order chi connectivity index (χ1) is 14.8. The molecule has 1 atom stereocenters. The molecule has 0 aliphatic carbocycles. The Labute approximate surface area is 176 Å². The monoisotopic (exact) mass is 424 g/mol. The third kappa shape index (κ3) is 4.03. The summed E-state index contributed by atoms with van der Waals surface area (Å²) in [7, 11) is 0. The highest BCUT2D eigenvalue weighted by Crippen LogP contribution is 2.34. The molecule has 0 bridgehead atoms. The molecule has 0 radical (unpaired) electrons. The van der Waals surface area contributed by atoms with Crippen LogP contribution in [0.5, 0.6) is 0 Å². The van der Waals surface area contributed by atoms with Gasteiger partial charge in [-0.15, -0.1) is 0 Å². The van der Waals surface area contributed by atoms with E-state index in [0.29, 0.717) is 5.69 Å². The second-order valence-corrected chi connectivity index (χ2v) is 7.31. The van der Waals surface area contributed by atoms with Gasteiger partial charge in [0.2, 0.25) is 0 Å². The van der Waals surface area contributed by atoms with Gasteiger partial charge in [0.15, 0.2) is 5.76 Å². The lowest BCUT2D eigenvalue weighted by Gasteiger charge is -2.17. The zero-order valence-corrected chi connectivity index (χ0v) is 16.8. The van der Waals surface area contributed by atoms with E-state index in [1.807, 2.05) is 49.4 Å². The molecule has 1 heterocycles. The van der Waals surface area contributed by atoms with Gasteiger partial charge in [0.25, 0.3) is 5.91 Å². The van der Waals surface area contributed by atoms with Crippen LogP contribution in [-0.4, -0.2) is 11.1 Å². The van der Waals surface area contributed by atoms with Gasteiger partial charge in [0.1, 0.15) is 5.56 Å². The predicted molar refractivity (Wildman–Crippen MR) is 112 cm³/mol. The number of nitrogens with zero attached hydrogens (tertiary/aromatic N) is 1. The summed E-state index contributed by atoms with van der Waals surface area (Å²) >= 11 is 0. The van der Waals surface area contributed by atoms with Gasteiger partial charge in [-0.05, 0) is 42.3 Å². The van der Waals surface area contributed by atoms with Crippen molar-refractivity contribution in [1.29, 1.82) is 0 Å². The van der Waals surface area contributed by atoms with Crippen molar-refractivity contribution in [2.75, 3.05) is 0 Å². The van der Waals surface area contributed by atoms with Gasteiger partial charge in [-0.25, -0.2) is 0 Å². The lowest BCUT2D eigenvalue weighted by atomic mass is 9.99. The zero-order valence-electron chi connectivity index (χ0n) is 16.8. The van der Waals surface area contributed by atoms with Crippen molar-refractivity contribution in [3.8, 4) is 11.3 Å². The van der Waals surface area contributed by atoms with E-state index in [4.69, 9.17) is 4.52 Å². The molecule has 4 rings (SSSR count). The summed E-state index contributed by atoms with van der Waals surface area (Å²) in [6.45, 7) is 3.44. The molecule has 1 N–H and O–H groups in total. The van der Waals surface area contributed by atoms with Crippen LogP contribution in [0.1, 0.15) is 40.1 Å². The van der Waals surface area contributed by atoms with Crippen LogP contribution in [0.3, 0.4) is 0 Å². The maximum Gasteiger partial charge on any atom is 0.416 e. The van der Waals surface area contributed by atoms with Crippen LogP contribution >= 0.6 is 0 Å². The first-order valence-electron chi connectivity index (χ1n) is 9.68. The Kier molecular flexibility index (Phi) is 5.27. The smallest absolute Gasteiger partial charge is 0.355 e. The fraction of sp³-hybridized carbons (Fsp3) is 0.167. The Hall–Kier alpha value is -3.61. The molecular weight excluding hydrogens is 405 g/mol. The van der Waals surface area contributed by atoms with E-state index in [2.05, 4.69) is 10.5 Å². The highest BCUT2D eigenvalue weighted by atomic mass is 19.4. The van der Waals surface area contributed by atoms with Crippen molar-refractivity contribution in [3.63, 3.8) is 0 Å². The van der Waals surface area contributed by atoms with Crippen LogP contribution in [0.2, 0.25) is 0 Å². The molecule has 1 unspecified atom stereocenters. The molecule has 0 fully saturated rings. The Morgan fingerprint density at radius 3 is 2.52 bits per heavy atom. The number of fused-ring (bicyclic) bond motifs is 1. The van der Waals surface area contributed by atoms with Gasteiger partial charge in [-0.2, -0.15) is 13.2 Å². The van der Waals surface area contributed by atoms with E-state index in [1.165, 1.54) is 12.1 Å². The summed E-state index contributed by atoms with van der Waals surface area (Å²) in [5, 5.41) is 8.80. The van der Waals surface area contributed by atoms with Gasteiger partial charge in [0.05, 0.1) is 17.3 Å². The Morgan fingerprint density at radius 1 is 1.03 bits per heavy atom. The molecule has 4 nitrogen and oxygen atoms in total. The fourth-order valence-corrected chi connectivity index (χ4v) is 3.65. The van der Waals surface area contributed by atoms with E-state index < -0.39 is 17.6 Å². The molecule has 0 aliphatic heterocycles. The third-order valence-electron chi connectivity index (χ3n) is 5.18. The lowest BCUT2D eigenvalue weighted by Crippen LogP contribution is -2.27. The van der Waals surface area contributed by atoms with E-state index in [-0.39, 0.29) is 22.9 Å². The molecule has 0 saturated heterocycles. The number of amides is 1. The summed E-state index contributed by atoms with van der Waals surface area (Å²) < 4.78 is 44.6. The molecule has 0 spiro atoms. The van der Waals surface area contributed by atoms with Crippen molar-refractivity contribution in [1.82, 2.24) is 10.5 Å². The minimum absolute atomic E-state index is 0.00576. The summed E-state index contributed by atoms with van der Waals surface area (Å²) in [5.74, 6) is -0.460. The van der Waals surface area contributed by atoms with Gasteiger partial charge in [0, 0.05) is 5.56 Å². The number of halogens is 3. The van der Waals surface area contributed by atoms with Gasteiger partial charge in [-0.1, -0.05) is 59.8 Å². The first kappa shape index (κ1) is 20.7. The van der Waals surface area contributed by atoms with Crippen LogP contribution in [0.15, 0.2) is 71.3 Å². The van der Waals surface area contributed by atoms with Crippen molar-refractivity contribution < 1.29 is 22.5 Å². The van der Waals surface area contributed by atoms with Crippen molar-refractivity contribution in [3.05, 3.63) is 89.1 Å². The normalized spacial score (nSPS) is 12.7. The highest BCUT2D eigenvalue weighted by Gasteiger charge is 2.31. The van der Waals surface area contributed by atoms with Crippen molar-refractivity contribution in [2.45, 2.75) is 26.1 Å². The third-order valence-corrected chi connectivity index (χ3v) is 5.18. The van der Waals surface area contributed by atoms with Crippen LogP contribution < -0.4 is 5.32 Å². The average molecular weight is 424 g/mol. The van der Waals surface area contributed by atoms with E-state index in [9.17, 15) is 18.0 Å². The van der Waals surface area contributed by atoms with E-state index in [1.54, 1.807) is 6.92 Å². The largest absolute Gasteiger partial charge is 0.416 e. The maximum atomic E-state index is 13.1. The molecule has 0 aliphatic rings. The Balaban J connectivity index is 1.67. The minimum Gasteiger partial charge on any atom is -0.355 e. The molecule has 4 aromatic rings. The summed E-state index contributed by atoms with van der Waals surface area (Å²) in [4.78, 5) is 13.1.